The summed E-state index contributed by atoms with van der Waals surface area (Å²) in [4.78, 5) is 11.9. The third kappa shape index (κ3) is 4.66. The number of unbranched alkanes of at least 4 members (excludes halogenated alkanes) is 1. The fourth-order valence-electron chi connectivity index (χ4n) is 2.03. The molecular weight excluding hydrogens is 216 g/mol. The number of ether oxygens (including phenoxy) is 2. The van der Waals surface area contributed by atoms with E-state index in [0.29, 0.717) is 18.4 Å². The van der Waals surface area contributed by atoms with Gasteiger partial charge in [-0.05, 0) is 39.0 Å². The van der Waals surface area contributed by atoms with Gasteiger partial charge in [0, 0.05) is 6.61 Å². The van der Waals surface area contributed by atoms with Crippen molar-refractivity contribution in [1.29, 1.82) is 0 Å². The molecule has 100 valence electrons. The van der Waals surface area contributed by atoms with E-state index in [9.17, 15) is 4.79 Å². The van der Waals surface area contributed by atoms with Crippen LogP contribution in [0.5, 0.6) is 0 Å². The highest BCUT2D eigenvalue weighted by molar-refractivity contribution is 5.76. The van der Waals surface area contributed by atoms with Crippen molar-refractivity contribution in [3.05, 3.63) is 0 Å². The fourth-order valence-corrected chi connectivity index (χ4v) is 2.03. The lowest BCUT2D eigenvalue weighted by Gasteiger charge is -2.19. The predicted molar refractivity (Wildman–Crippen MR) is 67.7 cm³/mol. The Morgan fingerprint density at radius 3 is 2.47 bits per heavy atom. The SMILES string of the molecule is CCCCOC[C@H]1C(C)[C@@H]1C(=O)OC(C)(C)C. The summed E-state index contributed by atoms with van der Waals surface area (Å²) in [5.41, 5.74) is -0.382. The molecule has 1 aliphatic carbocycles. The molecule has 0 aromatic rings. The summed E-state index contributed by atoms with van der Waals surface area (Å²) >= 11 is 0. The first-order chi connectivity index (χ1) is 7.87. The average Bonchev–Trinajstić information content (AvgIpc) is 2.81. The first kappa shape index (κ1) is 14.5. The lowest BCUT2D eigenvalue weighted by atomic mass is 10.2. The number of rotatable bonds is 6. The number of hydrogen-bond donors (Lipinski definition) is 0. The molecule has 0 heterocycles. The zero-order valence-corrected chi connectivity index (χ0v) is 11.8. The molecule has 0 spiro atoms. The van der Waals surface area contributed by atoms with Gasteiger partial charge in [0.05, 0.1) is 12.5 Å². The van der Waals surface area contributed by atoms with E-state index in [0.717, 1.165) is 19.4 Å². The van der Waals surface area contributed by atoms with Gasteiger partial charge in [-0.15, -0.1) is 0 Å². The van der Waals surface area contributed by atoms with Gasteiger partial charge in [0.15, 0.2) is 0 Å². The highest BCUT2D eigenvalue weighted by Crippen LogP contribution is 2.47. The van der Waals surface area contributed by atoms with Gasteiger partial charge in [-0.2, -0.15) is 0 Å². The first-order valence-corrected chi connectivity index (χ1v) is 6.67. The zero-order valence-electron chi connectivity index (χ0n) is 11.8. The molecule has 17 heavy (non-hydrogen) atoms. The van der Waals surface area contributed by atoms with Gasteiger partial charge in [0.25, 0.3) is 0 Å². The molecule has 0 aromatic carbocycles. The second-order valence-corrected chi connectivity index (χ2v) is 6.01. The van der Waals surface area contributed by atoms with Gasteiger partial charge < -0.3 is 9.47 Å². The zero-order chi connectivity index (χ0) is 13.1. The Hall–Kier alpha value is -0.570. The molecule has 1 fully saturated rings. The number of carbonyl (C=O) groups is 1. The summed E-state index contributed by atoms with van der Waals surface area (Å²) in [6.07, 6.45) is 2.24. The maximum Gasteiger partial charge on any atom is 0.310 e. The number of hydrogen-bond acceptors (Lipinski definition) is 3. The molecule has 0 saturated heterocycles. The third-order valence-electron chi connectivity index (χ3n) is 3.19. The van der Waals surface area contributed by atoms with Crippen LogP contribution in [0.3, 0.4) is 0 Å². The molecule has 0 amide bonds. The average molecular weight is 242 g/mol. The minimum atomic E-state index is -0.382. The predicted octanol–water partition coefficient (Wildman–Crippen LogP) is 3.03. The standard InChI is InChI=1S/C14H26O3/c1-6-7-8-16-9-11-10(2)12(11)13(15)17-14(3,4)5/h10-12H,6-9H2,1-5H3/t10?,11-,12-/m0/s1. The third-order valence-corrected chi connectivity index (χ3v) is 3.19. The quantitative estimate of drug-likeness (QED) is 0.530. The highest BCUT2D eigenvalue weighted by atomic mass is 16.6. The summed E-state index contributed by atoms with van der Waals surface area (Å²) < 4.78 is 11.0. The Bertz CT molecular complexity index is 255. The smallest absolute Gasteiger partial charge is 0.310 e. The molecule has 0 radical (unpaired) electrons. The number of esters is 1. The maximum atomic E-state index is 11.9. The summed E-state index contributed by atoms with van der Waals surface area (Å²) in [6.45, 7) is 11.5. The molecule has 0 aromatic heterocycles. The lowest BCUT2D eigenvalue weighted by molar-refractivity contribution is -0.157. The van der Waals surface area contributed by atoms with Crippen LogP contribution in [-0.4, -0.2) is 24.8 Å². The minimum absolute atomic E-state index is 0.0517. The molecule has 0 N–H and O–H groups in total. The summed E-state index contributed by atoms with van der Waals surface area (Å²) in [7, 11) is 0. The van der Waals surface area contributed by atoms with E-state index in [1.54, 1.807) is 0 Å². The Labute approximate surface area is 105 Å². The van der Waals surface area contributed by atoms with Gasteiger partial charge in [0.1, 0.15) is 5.60 Å². The second kappa shape index (κ2) is 5.85. The minimum Gasteiger partial charge on any atom is -0.460 e. The largest absolute Gasteiger partial charge is 0.460 e. The van der Waals surface area contributed by atoms with Gasteiger partial charge in [-0.25, -0.2) is 0 Å². The van der Waals surface area contributed by atoms with Crippen LogP contribution in [0.4, 0.5) is 0 Å². The molecule has 0 aliphatic heterocycles. The van der Waals surface area contributed by atoms with E-state index in [2.05, 4.69) is 13.8 Å². The van der Waals surface area contributed by atoms with Crippen LogP contribution >= 0.6 is 0 Å². The molecule has 1 rings (SSSR count). The van der Waals surface area contributed by atoms with Crippen LogP contribution in [0.25, 0.3) is 0 Å². The first-order valence-electron chi connectivity index (χ1n) is 6.67. The van der Waals surface area contributed by atoms with Crippen LogP contribution in [0.15, 0.2) is 0 Å². The van der Waals surface area contributed by atoms with Crippen molar-refractivity contribution >= 4 is 5.97 Å². The van der Waals surface area contributed by atoms with E-state index in [-0.39, 0.29) is 17.5 Å². The highest BCUT2D eigenvalue weighted by Gasteiger charge is 2.53. The summed E-state index contributed by atoms with van der Waals surface area (Å²) in [5, 5.41) is 0. The molecule has 1 saturated carbocycles. The molecule has 1 unspecified atom stereocenters. The summed E-state index contributed by atoms with van der Waals surface area (Å²) in [6, 6.07) is 0. The number of carbonyl (C=O) groups excluding carboxylic acids is 1. The Kier molecular flexibility index (Phi) is 4.99. The summed E-state index contributed by atoms with van der Waals surface area (Å²) in [5.74, 6) is 0.762. The van der Waals surface area contributed by atoms with Crippen LogP contribution in [0, 0.1) is 17.8 Å². The van der Waals surface area contributed by atoms with Crippen molar-refractivity contribution < 1.29 is 14.3 Å². The Morgan fingerprint density at radius 2 is 1.94 bits per heavy atom. The molecule has 3 nitrogen and oxygen atoms in total. The van der Waals surface area contributed by atoms with Gasteiger partial charge in [-0.1, -0.05) is 20.3 Å². The van der Waals surface area contributed by atoms with E-state index < -0.39 is 0 Å². The van der Waals surface area contributed by atoms with E-state index in [1.165, 1.54) is 0 Å². The van der Waals surface area contributed by atoms with Crippen LogP contribution < -0.4 is 0 Å². The van der Waals surface area contributed by atoms with E-state index >= 15 is 0 Å². The fraction of sp³-hybridized carbons (Fsp3) is 0.929. The molecule has 3 heteroatoms. The van der Waals surface area contributed by atoms with E-state index in [1.807, 2.05) is 20.8 Å². The second-order valence-electron chi connectivity index (χ2n) is 6.01. The van der Waals surface area contributed by atoms with Crippen molar-refractivity contribution in [1.82, 2.24) is 0 Å². The molecule has 3 atom stereocenters. The van der Waals surface area contributed by atoms with Gasteiger partial charge >= 0.3 is 5.97 Å². The topological polar surface area (TPSA) is 35.5 Å². The van der Waals surface area contributed by atoms with Crippen molar-refractivity contribution in [2.45, 2.75) is 53.1 Å². The van der Waals surface area contributed by atoms with Crippen molar-refractivity contribution in [2.75, 3.05) is 13.2 Å². The molecular formula is C14H26O3. The van der Waals surface area contributed by atoms with Crippen molar-refractivity contribution in [3.8, 4) is 0 Å². The van der Waals surface area contributed by atoms with Crippen LogP contribution in [0.1, 0.15) is 47.5 Å². The van der Waals surface area contributed by atoms with Crippen LogP contribution in [0.2, 0.25) is 0 Å². The van der Waals surface area contributed by atoms with E-state index in [4.69, 9.17) is 9.47 Å². The van der Waals surface area contributed by atoms with Gasteiger partial charge in [0.2, 0.25) is 0 Å². The van der Waals surface area contributed by atoms with Crippen LogP contribution in [-0.2, 0) is 14.3 Å². The molecule has 1 aliphatic rings. The monoisotopic (exact) mass is 242 g/mol. The van der Waals surface area contributed by atoms with Crippen molar-refractivity contribution in [3.63, 3.8) is 0 Å². The maximum absolute atomic E-state index is 11.9. The Balaban J connectivity index is 2.25. The lowest BCUT2D eigenvalue weighted by Crippen LogP contribution is -2.25. The van der Waals surface area contributed by atoms with Crippen molar-refractivity contribution in [2.24, 2.45) is 17.8 Å². The molecule has 0 bridgehead atoms. The normalized spacial score (nSPS) is 27.9. The van der Waals surface area contributed by atoms with Gasteiger partial charge in [-0.3, -0.25) is 4.79 Å². The Morgan fingerprint density at radius 1 is 1.29 bits per heavy atom.